The fourth-order valence-corrected chi connectivity index (χ4v) is 3.00. The van der Waals surface area contributed by atoms with Gasteiger partial charge < -0.3 is 15.1 Å². The quantitative estimate of drug-likeness (QED) is 0.909. The van der Waals surface area contributed by atoms with Crippen LogP contribution in [0.5, 0.6) is 0 Å². The lowest BCUT2D eigenvalue weighted by atomic mass is 10.2. The molecule has 0 saturated carbocycles. The van der Waals surface area contributed by atoms with Crippen LogP contribution in [0, 0.1) is 11.6 Å². The van der Waals surface area contributed by atoms with Crippen LogP contribution in [0.1, 0.15) is 25.7 Å². The van der Waals surface area contributed by atoms with Crippen molar-refractivity contribution in [1.29, 1.82) is 0 Å². The van der Waals surface area contributed by atoms with E-state index in [2.05, 4.69) is 5.32 Å². The van der Waals surface area contributed by atoms with Gasteiger partial charge in [0.1, 0.15) is 5.69 Å². The Bertz CT molecular complexity index is 515. The molecule has 3 rings (SSSR count). The van der Waals surface area contributed by atoms with E-state index in [1.54, 1.807) is 9.80 Å². The molecule has 2 heterocycles. The summed E-state index contributed by atoms with van der Waals surface area (Å²) >= 11 is 0. The van der Waals surface area contributed by atoms with Gasteiger partial charge in [-0.15, -0.1) is 0 Å². The van der Waals surface area contributed by atoms with Gasteiger partial charge in [0.05, 0.1) is 0 Å². The molecule has 1 N–H and O–H groups in total. The molecule has 2 saturated heterocycles. The summed E-state index contributed by atoms with van der Waals surface area (Å²) in [5.74, 6) is -1.23. The van der Waals surface area contributed by atoms with Gasteiger partial charge in [0.15, 0.2) is 11.6 Å². The van der Waals surface area contributed by atoms with E-state index in [1.165, 1.54) is 12.1 Å². The van der Waals surface area contributed by atoms with Crippen LogP contribution in [0.2, 0.25) is 0 Å². The first-order valence-corrected chi connectivity index (χ1v) is 7.45. The van der Waals surface area contributed by atoms with Gasteiger partial charge >= 0.3 is 6.03 Å². The molecule has 0 bridgehead atoms. The number of urea groups is 1. The molecule has 2 amide bonds. The van der Waals surface area contributed by atoms with Crippen LogP contribution in [-0.4, -0.2) is 37.1 Å². The van der Waals surface area contributed by atoms with Gasteiger partial charge in [-0.25, -0.2) is 13.6 Å². The van der Waals surface area contributed by atoms with Crippen molar-refractivity contribution < 1.29 is 13.6 Å². The van der Waals surface area contributed by atoms with Crippen LogP contribution in [0.15, 0.2) is 12.1 Å². The minimum atomic E-state index is -0.617. The Labute approximate surface area is 122 Å². The van der Waals surface area contributed by atoms with Gasteiger partial charge in [0, 0.05) is 31.9 Å². The van der Waals surface area contributed by atoms with Gasteiger partial charge in [-0.05, 0) is 37.8 Å². The van der Waals surface area contributed by atoms with E-state index >= 15 is 0 Å². The zero-order valence-corrected chi connectivity index (χ0v) is 11.9. The minimum Gasteiger partial charge on any atom is -0.367 e. The van der Waals surface area contributed by atoms with E-state index in [1.807, 2.05) is 0 Å². The van der Waals surface area contributed by atoms with E-state index in [9.17, 15) is 13.6 Å². The molecule has 21 heavy (non-hydrogen) atoms. The average Bonchev–Trinajstić information content (AvgIpc) is 3.11. The molecule has 4 nitrogen and oxygen atoms in total. The van der Waals surface area contributed by atoms with Crippen molar-refractivity contribution in [1.82, 2.24) is 4.90 Å². The van der Waals surface area contributed by atoms with Crippen LogP contribution in [0.3, 0.4) is 0 Å². The fourth-order valence-electron chi connectivity index (χ4n) is 3.00. The number of rotatable bonds is 2. The topological polar surface area (TPSA) is 35.6 Å². The maximum atomic E-state index is 14.1. The second-order valence-electron chi connectivity index (χ2n) is 5.61. The highest BCUT2D eigenvalue weighted by Gasteiger charge is 2.22. The Morgan fingerprint density at radius 2 is 1.48 bits per heavy atom. The lowest BCUT2D eigenvalue weighted by Gasteiger charge is -2.21. The Balaban J connectivity index is 1.76. The molecule has 2 fully saturated rings. The molecule has 0 radical (unpaired) electrons. The van der Waals surface area contributed by atoms with Crippen LogP contribution in [0.4, 0.5) is 25.0 Å². The van der Waals surface area contributed by atoms with Gasteiger partial charge in [-0.1, -0.05) is 0 Å². The predicted molar refractivity (Wildman–Crippen MR) is 77.6 cm³/mol. The van der Waals surface area contributed by atoms with Crippen molar-refractivity contribution in [2.75, 3.05) is 36.4 Å². The number of likely N-dealkylation sites (tertiary alicyclic amines) is 1. The zero-order valence-electron chi connectivity index (χ0n) is 11.9. The first-order chi connectivity index (χ1) is 10.1. The number of benzene rings is 1. The molecule has 0 aromatic heterocycles. The Morgan fingerprint density at radius 1 is 0.952 bits per heavy atom. The molecule has 1 aromatic rings. The summed E-state index contributed by atoms with van der Waals surface area (Å²) < 4.78 is 28.3. The first-order valence-electron chi connectivity index (χ1n) is 7.45. The molecular formula is C15H19F2N3O. The third-order valence-corrected chi connectivity index (χ3v) is 4.08. The smallest absolute Gasteiger partial charge is 0.321 e. The van der Waals surface area contributed by atoms with Crippen LogP contribution >= 0.6 is 0 Å². The van der Waals surface area contributed by atoms with Gasteiger partial charge in [-0.2, -0.15) is 0 Å². The van der Waals surface area contributed by atoms with E-state index in [0.717, 1.165) is 25.7 Å². The number of hydrogen-bond donors (Lipinski definition) is 1. The van der Waals surface area contributed by atoms with Crippen molar-refractivity contribution in [2.45, 2.75) is 25.7 Å². The summed E-state index contributed by atoms with van der Waals surface area (Å²) in [6, 6.07) is 2.11. The molecule has 0 spiro atoms. The lowest BCUT2D eigenvalue weighted by Crippen LogP contribution is -2.32. The molecular weight excluding hydrogens is 276 g/mol. The maximum Gasteiger partial charge on any atom is 0.321 e. The Hall–Kier alpha value is -1.85. The summed E-state index contributed by atoms with van der Waals surface area (Å²) in [6.45, 7) is 2.74. The molecule has 6 heteroatoms. The highest BCUT2D eigenvalue weighted by molar-refractivity contribution is 5.89. The number of carbonyl (C=O) groups excluding carboxylic acids is 1. The summed E-state index contributed by atoms with van der Waals surface area (Å²) in [7, 11) is 0. The standard InChI is InChI=1S/C15H19F2N3O/c16-12-9-11(18-15(21)20-7-3-4-8-20)10-13(17)14(12)19-5-1-2-6-19/h9-10H,1-8H2,(H,18,21). The summed E-state index contributed by atoms with van der Waals surface area (Å²) in [4.78, 5) is 15.3. The number of hydrogen-bond acceptors (Lipinski definition) is 2. The molecule has 114 valence electrons. The third-order valence-electron chi connectivity index (χ3n) is 4.08. The number of halogens is 2. The number of nitrogens with one attached hydrogen (secondary N) is 1. The molecule has 0 unspecified atom stereocenters. The van der Waals surface area contributed by atoms with Crippen LogP contribution in [0.25, 0.3) is 0 Å². The first kappa shape index (κ1) is 14.1. The summed E-state index contributed by atoms with van der Waals surface area (Å²) in [5, 5.41) is 2.57. The van der Waals surface area contributed by atoms with Crippen molar-refractivity contribution in [3.63, 3.8) is 0 Å². The van der Waals surface area contributed by atoms with E-state index in [-0.39, 0.29) is 17.4 Å². The van der Waals surface area contributed by atoms with E-state index in [4.69, 9.17) is 0 Å². The fraction of sp³-hybridized carbons (Fsp3) is 0.533. The zero-order chi connectivity index (χ0) is 14.8. The molecule has 2 aliphatic heterocycles. The van der Waals surface area contributed by atoms with Crippen molar-refractivity contribution in [2.24, 2.45) is 0 Å². The molecule has 0 aliphatic carbocycles. The highest BCUT2D eigenvalue weighted by Crippen LogP contribution is 2.29. The number of carbonyl (C=O) groups is 1. The molecule has 1 aromatic carbocycles. The number of anilines is 2. The highest BCUT2D eigenvalue weighted by atomic mass is 19.1. The predicted octanol–water partition coefficient (Wildman–Crippen LogP) is 3.19. The average molecular weight is 295 g/mol. The number of nitrogens with zero attached hydrogens (tertiary/aromatic N) is 2. The summed E-state index contributed by atoms with van der Waals surface area (Å²) in [6.07, 6.45) is 3.85. The Morgan fingerprint density at radius 3 is 2.05 bits per heavy atom. The van der Waals surface area contributed by atoms with Crippen molar-refractivity contribution in [3.05, 3.63) is 23.8 Å². The van der Waals surface area contributed by atoms with Crippen LogP contribution < -0.4 is 10.2 Å². The van der Waals surface area contributed by atoms with Crippen LogP contribution in [-0.2, 0) is 0 Å². The van der Waals surface area contributed by atoms with Crippen molar-refractivity contribution >= 4 is 17.4 Å². The lowest BCUT2D eigenvalue weighted by molar-refractivity contribution is 0.222. The second-order valence-corrected chi connectivity index (χ2v) is 5.61. The molecule has 0 atom stereocenters. The largest absolute Gasteiger partial charge is 0.367 e. The third kappa shape index (κ3) is 2.94. The maximum absolute atomic E-state index is 14.1. The molecule has 2 aliphatic rings. The minimum absolute atomic E-state index is 0.0201. The van der Waals surface area contributed by atoms with E-state index < -0.39 is 11.6 Å². The summed E-state index contributed by atoms with van der Waals surface area (Å²) in [5.41, 5.74) is 0.191. The van der Waals surface area contributed by atoms with Gasteiger partial charge in [-0.3, -0.25) is 0 Å². The van der Waals surface area contributed by atoms with E-state index in [0.29, 0.717) is 26.2 Å². The SMILES string of the molecule is O=C(Nc1cc(F)c(N2CCCC2)c(F)c1)N1CCCC1. The monoisotopic (exact) mass is 295 g/mol. The normalized spacial score (nSPS) is 18.4. The van der Waals surface area contributed by atoms with Gasteiger partial charge in [0.2, 0.25) is 0 Å². The second kappa shape index (κ2) is 5.87. The number of amides is 2. The van der Waals surface area contributed by atoms with Crippen molar-refractivity contribution in [3.8, 4) is 0 Å². The van der Waals surface area contributed by atoms with Gasteiger partial charge in [0.25, 0.3) is 0 Å². The Kier molecular flexibility index (Phi) is 3.94.